The van der Waals surface area contributed by atoms with Gasteiger partial charge in [0.15, 0.2) is 6.61 Å². The smallest absolute Gasteiger partial charge is 0.355 e. The van der Waals surface area contributed by atoms with E-state index >= 15 is 0 Å². The summed E-state index contributed by atoms with van der Waals surface area (Å²) in [6.45, 7) is -0.484. The zero-order valence-corrected chi connectivity index (χ0v) is 11.5. The topological polar surface area (TPSA) is 121 Å². The molecule has 0 radical (unpaired) electrons. The van der Waals surface area contributed by atoms with Crippen LogP contribution in [0, 0.1) is 11.3 Å². The molecule has 0 bridgehead atoms. The van der Waals surface area contributed by atoms with Crippen LogP contribution in [0.4, 0.5) is 5.69 Å². The molecule has 2 N–H and O–H groups in total. The predicted octanol–water partition coefficient (Wildman–Crippen LogP) is 0.306. The van der Waals surface area contributed by atoms with Crippen LogP contribution in [0.3, 0.4) is 0 Å². The molecule has 0 atom stereocenters. The molecule has 0 aromatic heterocycles. The maximum absolute atomic E-state index is 11.7. The van der Waals surface area contributed by atoms with Crippen molar-refractivity contribution in [2.24, 2.45) is 5.10 Å². The Bertz CT molecular complexity index is 690. The van der Waals surface area contributed by atoms with Crippen LogP contribution in [0.1, 0.15) is 18.4 Å². The monoisotopic (exact) mass is 300 g/mol. The van der Waals surface area contributed by atoms with Crippen molar-refractivity contribution in [2.75, 3.05) is 11.9 Å². The molecule has 8 heteroatoms. The summed E-state index contributed by atoms with van der Waals surface area (Å²) in [5.74, 6) is -1.56. The average Bonchev–Trinajstić information content (AvgIpc) is 2.53. The minimum Gasteiger partial charge on any atom is -0.451 e. The summed E-state index contributed by atoms with van der Waals surface area (Å²) < 4.78 is 4.81. The molecule has 1 aromatic rings. The van der Waals surface area contributed by atoms with E-state index in [9.17, 15) is 14.4 Å². The highest BCUT2D eigenvalue weighted by molar-refractivity contribution is 6.37. The van der Waals surface area contributed by atoms with E-state index in [1.807, 2.05) is 6.07 Å². The van der Waals surface area contributed by atoms with Crippen LogP contribution >= 0.6 is 0 Å². The molecule has 1 aliphatic heterocycles. The van der Waals surface area contributed by atoms with Gasteiger partial charge in [-0.3, -0.25) is 9.59 Å². The molecule has 0 saturated carbocycles. The third-order valence-corrected chi connectivity index (χ3v) is 2.75. The van der Waals surface area contributed by atoms with Crippen LogP contribution in [-0.4, -0.2) is 30.1 Å². The molecule has 22 heavy (non-hydrogen) atoms. The van der Waals surface area contributed by atoms with E-state index in [2.05, 4.69) is 15.8 Å². The fourth-order valence-electron chi connectivity index (χ4n) is 1.70. The van der Waals surface area contributed by atoms with Crippen molar-refractivity contribution in [3.63, 3.8) is 0 Å². The number of rotatable bonds is 4. The summed E-state index contributed by atoms with van der Waals surface area (Å²) in [6, 6.07) is 8.29. The number of nitrogens with zero attached hydrogens (tertiary/aromatic N) is 2. The van der Waals surface area contributed by atoms with E-state index in [0.29, 0.717) is 11.3 Å². The van der Waals surface area contributed by atoms with Gasteiger partial charge in [0.2, 0.25) is 5.91 Å². The molecule has 0 fully saturated rings. The summed E-state index contributed by atoms with van der Waals surface area (Å²) in [7, 11) is 0. The number of nitrogens with one attached hydrogen (secondary N) is 2. The lowest BCUT2D eigenvalue weighted by molar-refractivity contribution is -0.140. The van der Waals surface area contributed by atoms with Gasteiger partial charge in [-0.1, -0.05) is 6.07 Å². The van der Waals surface area contributed by atoms with Crippen LogP contribution < -0.4 is 10.7 Å². The van der Waals surface area contributed by atoms with E-state index in [0.717, 1.165) is 0 Å². The third-order valence-electron chi connectivity index (χ3n) is 2.75. The van der Waals surface area contributed by atoms with Crippen LogP contribution in [-0.2, 0) is 19.1 Å². The lowest BCUT2D eigenvalue weighted by Crippen LogP contribution is -2.32. The molecule has 2 amide bonds. The predicted molar refractivity (Wildman–Crippen MR) is 75.6 cm³/mol. The minimum atomic E-state index is -0.749. The fraction of sp³-hybridized carbons (Fsp3) is 0.214. The Morgan fingerprint density at radius 1 is 1.41 bits per heavy atom. The maximum Gasteiger partial charge on any atom is 0.355 e. The molecule has 2 rings (SSSR count). The summed E-state index contributed by atoms with van der Waals surface area (Å²) in [4.78, 5) is 34.2. The molecule has 0 saturated heterocycles. The number of carbonyl (C=O) groups excluding carboxylic acids is 3. The second kappa shape index (κ2) is 6.99. The van der Waals surface area contributed by atoms with Crippen LogP contribution in [0.25, 0.3) is 0 Å². The van der Waals surface area contributed by atoms with Gasteiger partial charge in [-0.05, 0) is 18.2 Å². The number of amides is 2. The third kappa shape index (κ3) is 4.14. The molecule has 1 aliphatic rings. The van der Waals surface area contributed by atoms with Crippen molar-refractivity contribution >= 4 is 29.2 Å². The molecule has 0 spiro atoms. The van der Waals surface area contributed by atoms with E-state index in [1.165, 1.54) is 6.07 Å². The summed E-state index contributed by atoms with van der Waals surface area (Å²) >= 11 is 0. The quantitative estimate of drug-likeness (QED) is 0.775. The number of anilines is 1. The Morgan fingerprint density at radius 2 is 2.23 bits per heavy atom. The Balaban J connectivity index is 1.84. The van der Waals surface area contributed by atoms with Crippen LogP contribution in [0.15, 0.2) is 29.4 Å². The largest absolute Gasteiger partial charge is 0.451 e. The Labute approximate surface area is 125 Å². The molecule has 112 valence electrons. The van der Waals surface area contributed by atoms with Gasteiger partial charge in [0.25, 0.3) is 5.91 Å². The van der Waals surface area contributed by atoms with E-state index in [-0.39, 0.29) is 24.5 Å². The number of hydrogen-bond acceptors (Lipinski definition) is 6. The summed E-state index contributed by atoms with van der Waals surface area (Å²) in [5.41, 5.74) is 3.08. The number of esters is 1. The Kier molecular flexibility index (Phi) is 4.82. The fourth-order valence-corrected chi connectivity index (χ4v) is 1.70. The van der Waals surface area contributed by atoms with Gasteiger partial charge in [-0.25, -0.2) is 10.2 Å². The number of hydrogen-bond donors (Lipinski definition) is 2. The van der Waals surface area contributed by atoms with E-state index in [1.54, 1.807) is 18.2 Å². The number of carbonyl (C=O) groups is 3. The molecular weight excluding hydrogens is 288 g/mol. The second-order valence-electron chi connectivity index (χ2n) is 4.41. The first-order chi connectivity index (χ1) is 10.6. The van der Waals surface area contributed by atoms with Gasteiger partial charge in [-0.2, -0.15) is 10.4 Å². The zero-order chi connectivity index (χ0) is 15.9. The number of benzene rings is 1. The molecule has 8 nitrogen and oxygen atoms in total. The molecule has 1 aromatic carbocycles. The Morgan fingerprint density at radius 3 is 2.91 bits per heavy atom. The first kappa shape index (κ1) is 15.2. The van der Waals surface area contributed by atoms with Crippen LogP contribution in [0.5, 0.6) is 0 Å². The highest BCUT2D eigenvalue weighted by Crippen LogP contribution is 2.09. The highest BCUT2D eigenvalue weighted by Gasteiger charge is 2.20. The van der Waals surface area contributed by atoms with E-state index in [4.69, 9.17) is 10.00 Å². The maximum atomic E-state index is 11.7. The first-order valence-electron chi connectivity index (χ1n) is 6.41. The second-order valence-corrected chi connectivity index (χ2v) is 4.41. The van der Waals surface area contributed by atoms with Crippen molar-refractivity contribution in [3.05, 3.63) is 29.8 Å². The minimum absolute atomic E-state index is 0.0684. The average molecular weight is 300 g/mol. The van der Waals surface area contributed by atoms with Crippen molar-refractivity contribution in [3.8, 4) is 6.07 Å². The normalized spacial score (nSPS) is 13.4. The zero-order valence-electron chi connectivity index (χ0n) is 11.5. The highest BCUT2D eigenvalue weighted by atomic mass is 16.5. The Hall–Kier alpha value is -3.21. The van der Waals surface area contributed by atoms with Crippen molar-refractivity contribution in [1.82, 2.24) is 5.43 Å². The lowest BCUT2D eigenvalue weighted by atomic mass is 10.2. The van der Waals surface area contributed by atoms with E-state index < -0.39 is 18.5 Å². The standard InChI is InChI=1S/C14H12N4O4/c15-7-9-2-1-3-10(6-9)16-13(20)8-22-14(21)11-4-5-12(19)18-17-11/h1-3,6H,4-5,8H2,(H,16,20)(H,18,19). The van der Waals surface area contributed by atoms with Gasteiger partial charge in [0.1, 0.15) is 5.71 Å². The number of nitriles is 1. The number of ether oxygens (including phenoxy) is 1. The lowest BCUT2D eigenvalue weighted by Gasteiger charge is -2.11. The number of hydrazone groups is 1. The summed E-state index contributed by atoms with van der Waals surface area (Å²) in [6.07, 6.45) is 0.331. The van der Waals surface area contributed by atoms with Gasteiger partial charge < -0.3 is 10.1 Å². The van der Waals surface area contributed by atoms with Crippen molar-refractivity contribution in [2.45, 2.75) is 12.8 Å². The molecule has 0 unspecified atom stereocenters. The summed E-state index contributed by atoms with van der Waals surface area (Å²) in [5, 5.41) is 14.8. The first-order valence-corrected chi connectivity index (χ1v) is 6.41. The van der Waals surface area contributed by atoms with Crippen LogP contribution in [0.2, 0.25) is 0 Å². The van der Waals surface area contributed by atoms with Gasteiger partial charge >= 0.3 is 5.97 Å². The molecule has 0 aliphatic carbocycles. The molecule has 1 heterocycles. The van der Waals surface area contributed by atoms with Crippen molar-refractivity contribution in [1.29, 1.82) is 5.26 Å². The molecular formula is C14H12N4O4. The van der Waals surface area contributed by atoms with Gasteiger partial charge in [0, 0.05) is 18.5 Å². The van der Waals surface area contributed by atoms with Crippen molar-refractivity contribution < 1.29 is 19.1 Å². The SMILES string of the molecule is N#Cc1cccc(NC(=O)COC(=O)C2=NNC(=O)CC2)c1. The van der Waals surface area contributed by atoms with Gasteiger partial charge in [0.05, 0.1) is 11.6 Å². The van der Waals surface area contributed by atoms with Gasteiger partial charge in [-0.15, -0.1) is 0 Å².